The van der Waals surface area contributed by atoms with Crippen LogP contribution < -0.4 is 5.32 Å². The summed E-state index contributed by atoms with van der Waals surface area (Å²) in [6, 6.07) is 0. The standard InChI is InChI=1S/C14H27N3O2.HI/c1-15-14(16-10-13-4-3-8-19-13)17(2)7-9-18-11-12-5-6-12;/h12-13H,3-11H2,1-2H3,(H,15,16);1H. The van der Waals surface area contributed by atoms with Gasteiger partial charge >= 0.3 is 0 Å². The van der Waals surface area contributed by atoms with E-state index in [2.05, 4.69) is 15.2 Å². The van der Waals surface area contributed by atoms with Crippen LogP contribution in [-0.4, -0.2) is 64.0 Å². The molecule has 1 unspecified atom stereocenters. The van der Waals surface area contributed by atoms with E-state index < -0.39 is 0 Å². The third-order valence-corrected chi connectivity index (χ3v) is 3.71. The molecule has 0 bridgehead atoms. The van der Waals surface area contributed by atoms with E-state index in [0.29, 0.717) is 6.10 Å². The Morgan fingerprint density at radius 1 is 1.40 bits per heavy atom. The number of aliphatic imine (C=N–C) groups is 1. The average molecular weight is 397 g/mol. The van der Waals surface area contributed by atoms with Crippen LogP contribution in [0.25, 0.3) is 0 Å². The molecule has 1 aliphatic heterocycles. The van der Waals surface area contributed by atoms with Gasteiger partial charge in [0.2, 0.25) is 0 Å². The van der Waals surface area contributed by atoms with Gasteiger partial charge in [-0.25, -0.2) is 0 Å². The molecule has 1 saturated heterocycles. The lowest BCUT2D eigenvalue weighted by atomic mass is 10.2. The number of hydrogen-bond donors (Lipinski definition) is 1. The van der Waals surface area contributed by atoms with Crippen LogP contribution in [0.4, 0.5) is 0 Å². The normalized spacial score (nSPS) is 22.5. The summed E-state index contributed by atoms with van der Waals surface area (Å²) in [5, 5.41) is 3.37. The van der Waals surface area contributed by atoms with Crippen molar-refractivity contribution in [2.75, 3.05) is 47.0 Å². The molecule has 0 aromatic rings. The molecular weight excluding hydrogens is 369 g/mol. The minimum atomic E-state index is 0. The van der Waals surface area contributed by atoms with E-state index in [1.165, 1.54) is 19.3 Å². The van der Waals surface area contributed by atoms with Crippen molar-refractivity contribution in [3.63, 3.8) is 0 Å². The summed E-state index contributed by atoms with van der Waals surface area (Å²) in [7, 11) is 3.87. The van der Waals surface area contributed by atoms with Crippen LogP contribution in [0.2, 0.25) is 0 Å². The molecule has 1 N–H and O–H groups in total. The summed E-state index contributed by atoms with van der Waals surface area (Å²) < 4.78 is 11.3. The molecule has 2 aliphatic rings. The summed E-state index contributed by atoms with van der Waals surface area (Å²) in [6.45, 7) is 4.32. The first kappa shape index (κ1) is 18.0. The second kappa shape index (κ2) is 9.78. The minimum absolute atomic E-state index is 0. The third-order valence-electron chi connectivity index (χ3n) is 3.71. The van der Waals surface area contributed by atoms with Crippen LogP contribution in [0.1, 0.15) is 25.7 Å². The Balaban J connectivity index is 0.00000200. The molecule has 0 amide bonds. The van der Waals surface area contributed by atoms with Gasteiger partial charge in [0.15, 0.2) is 5.96 Å². The number of halogens is 1. The summed E-state index contributed by atoms with van der Waals surface area (Å²) in [4.78, 5) is 6.41. The SMILES string of the molecule is CN=C(NCC1CCCO1)N(C)CCOCC1CC1.I. The highest BCUT2D eigenvalue weighted by atomic mass is 127. The Labute approximate surface area is 139 Å². The first-order valence-electron chi connectivity index (χ1n) is 7.40. The van der Waals surface area contributed by atoms with Gasteiger partial charge in [-0.3, -0.25) is 4.99 Å². The van der Waals surface area contributed by atoms with E-state index in [9.17, 15) is 0 Å². The molecule has 0 spiro atoms. The predicted molar refractivity (Wildman–Crippen MR) is 91.9 cm³/mol. The molecule has 20 heavy (non-hydrogen) atoms. The maximum atomic E-state index is 5.65. The van der Waals surface area contributed by atoms with Gasteiger partial charge in [0.1, 0.15) is 0 Å². The molecular formula is C14H28IN3O2. The van der Waals surface area contributed by atoms with E-state index in [1.807, 2.05) is 14.1 Å². The highest BCUT2D eigenvalue weighted by Gasteiger charge is 2.21. The Kier molecular flexibility index (Phi) is 8.79. The van der Waals surface area contributed by atoms with Crippen molar-refractivity contribution in [2.45, 2.75) is 31.8 Å². The Hall–Kier alpha value is -0.0800. The molecule has 2 fully saturated rings. The number of nitrogens with one attached hydrogen (secondary N) is 1. The fraction of sp³-hybridized carbons (Fsp3) is 0.929. The van der Waals surface area contributed by atoms with Crippen molar-refractivity contribution < 1.29 is 9.47 Å². The van der Waals surface area contributed by atoms with Crippen LogP contribution in [-0.2, 0) is 9.47 Å². The highest BCUT2D eigenvalue weighted by Crippen LogP contribution is 2.28. The zero-order chi connectivity index (χ0) is 13.5. The topological polar surface area (TPSA) is 46.1 Å². The van der Waals surface area contributed by atoms with E-state index in [4.69, 9.17) is 9.47 Å². The molecule has 0 radical (unpaired) electrons. The number of nitrogens with zero attached hydrogens (tertiary/aromatic N) is 2. The number of ether oxygens (including phenoxy) is 2. The summed E-state index contributed by atoms with van der Waals surface area (Å²) >= 11 is 0. The van der Waals surface area contributed by atoms with E-state index >= 15 is 0 Å². The number of likely N-dealkylation sites (N-methyl/N-ethyl adjacent to an activating group) is 1. The summed E-state index contributed by atoms with van der Waals surface area (Å²) in [5.74, 6) is 1.76. The molecule has 118 valence electrons. The molecule has 1 heterocycles. The van der Waals surface area contributed by atoms with Gasteiger partial charge in [0.05, 0.1) is 12.7 Å². The van der Waals surface area contributed by atoms with Crippen LogP contribution in [0, 0.1) is 5.92 Å². The van der Waals surface area contributed by atoms with Crippen molar-refractivity contribution in [2.24, 2.45) is 10.9 Å². The van der Waals surface area contributed by atoms with E-state index in [-0.39, 0.29) is 24.0 Å². The van der Waals surface area contributed by atoms with Crippen LogP contribution >= 0.6 is 24.0 Å². The predicted octanol–water partition coefficient (Wildman–Crippen LogP) is 1.72. The fourth-order valence-electron chi connectivity index (χ4n) is 2.24. The molecule has 1 aliphatic carbocycles. The zero-order valence-corrected chi connectivity index (χ0v) is 15.0. The van der Waals surface area contributed by atoms with Crippen molar-refractivity contribution in [3.05, 3.63) is 0 Å². The molecule has 1 atom stereocenters. The van der Waals surface area contributed by atoms with Crippen molar-refractivity contribution >= 4 is 29.9 Å². The molecule has 0 aromatic carbocycles. The second-order valence-corrected chi connectivity index (χ2v) is 5.50. The van der Waals surface area contributed by atoms with Crippen molar-refractivity contribution in [1.29, 1.82) is 0 Å². The van der Waals surface area contributed by atoms with Gasteiger partial charge in [-0.2, -0.15) is 0 Å². The first-order valence-corrected chi connectivity index (χ1v) is 7.40. The van der Waals surface area contributed by atoms with Gasteiger partial charge in [-0.05, 0) is 31.6 Å². The van der Waals surface area contributed by atoms with Crippen molar-refractivity contribution in [3.8, 4) is 0 Å². The Morgan fingerprint density at radius 2 is 2.20 bits per heavy atom. The summed E-state index contributed by atoms with van der Waals surface area (Å²) in [6.07, 6.45) is 5.37. The minimum Gasteiger partial charge on any atom is -0.379 e. The van der Waals surface area contributed by atoms with Crippen LogP contribution in [0.15, 0.2) is 4.99 Å². The van der Waals surface area contributed by atoms with E-state index in [0.717, 1.165) is 51.2 Å². The first-order chi connectivity index (χ1) is 9.29. The Bertz CT molecular complexity index is 292. The largest absolute Gasteiger partial charge is 0.379 e. The molecule has 6 heteroatoms. The lowest BCUT2D eigenvalue weighted by Crippen LogP contribution is -2.43. The Morgan fingerprint density at radius 3 is 2.80 bits per heavy atom. The average Bonchev–Trinajstić information content (AvgIpc) is 3.10. The van der Waals surface area contributed by atoms with Gasteiger partial charge in [-0.15, -0.1) is 24.0 Å². The smallest absolute Gasteiger partial charge is 0.193 e. The highest BCUT2D eigenvalue weighted by molar-refractivity contribution is 14.0. The lowest BCUT2D eigenvalue weighted by molar-refractivity contribution is 0.109. The molecule has 1 saturated carbocycles. The lowest BCUT2D eigenvalue weighted by Gasteiger charge is -2.23. The monoisotopic (exact) mass is 397 g/mol. The number of guanidine groups is 1. The zero-order valence-electron chi connectivity index (χ0n) is 12.6. The second-order valence-electron chi connectivity index (χ2n) is 5.50. The molecule has 5 nitrogen and oxygen atoms in total. The van der Waals surface area contributed by atoms with Crippen molar-refractivity contribution in [1.82, 2.24) is 10.2 Å². The third kappa shape index (κ3) is 6.58. The maximum Gasteiger partial charge on any atom is 0.193 e. The van der Waals surface area contributed by atoms with E-state index in [1.54, 1.807) is 0 Å². The fourth-order valence-corrected chi connectivity index (χ4v) is 2.24. The van der Waals surface area contributed by atoms with Gasteiger partial charge < -0.3 is 19.7 Å². The summed E-state index contributed by atoms with van der Waals surface area (Å²) in [5.41, 5.74) is 0. The maximum absolute atomic E-state index is 5.65. The van der Waals surface area contributed by atoms with Gasteiger partial charge in [0.25, 0.3) is 0 Å². The molecule has 0 aromatic heterocycles. The molecule has 2 rings (SSSR count). The van der Waals surface area contributed by atoms with Gasteiger partial charge in [0, 0.05) is 40.4 Å². The number of hydrogen-bond acceptors (Lipinski definition) is 3. The van der Waals surface area contributed by atoms with Crippen LogP contribution in [0.3, 0.4) is 0 Å². The van der Waals surface area contributed by atoms with Gasteiger partial charge in [-0.1, -0.05) is 0 Å². The number of rotatable bonds is 7. The van der Waals surface area contributed by atoms with Crippen LogP contribution in [0.5, 0.6) is 0 Å². The quantitative estimate of drug-likeness (QED) is 0.308.